The van der Waals surface area contributed by atoms with Crippen LogP contribution in [0.5, 0.6) is 0 Å². The van der Waals surface area contributed by atoms with E-state index in [0.717, 1.165) is 0 Å². The summed E-state index contributed by atoms with van der Waals surface area (Å²) >= 11 is 0. The molecule has 1 heterocycles. The molecule has 0 aliphatic heterocycles. The molecule has 2 N–H and O–H groups in total. The lowest BCUT2D eigenvalue weighted by molar-refractivity contribution is 0.156. The van der Waals surface area contributed by atoms with E-state index in [1.807, 2.05) is 0 Å². The first-order valence-corrected chi connectivity index (χ1v) is 3.66. The van der Waals surface area contributed by atoms with Gasteiger partial charge in [-0.05, 0) is 0 Å². The first-order chi connectivity index (χ1) is 6.09. The number of halogens is 2. The van der Waals surface area contributed by atoms with Crippen LogP contribution in [0.2, 0.25) is 0 Å². The molecule has 0 saturated heterocycles. The van der Waals surface area contributed by atoms with E-state index in [0.29, 0.717) is 5.69 Å². The summed E-state index contributed by atoms with van der Waals surface area (Å²) in [7, 11) is 1.50. The van der Waals surface area contributed by atoms with Gasteiger partial charge in [0, 0.05) is 7.05 Å². The highest BCUT2D eigenvalue weighted by molar-refractivity contribution is 5.37. The molecule has 0 bridgehead atoms. The number of nitrogen functional groups attached to an aromatic ring is 1. The minimum atomic E-state index is -2.40. The Bertz CT molecular complexity index is 262. The van der Waals surface area contributed by atoms with Crippen LogP contribution in [0.3, 0.4) is 0 Å². The van der Waals surface area contributed by atoms with Crippen LogP contribution in [0.1, 0.15) is 0 Å². The second kappa shape index (κ2) is 3.97. The van der Waals surface area contributed by atoms with Crippen LogP contribution in [0.15, 0.2) is 12.4 Å². The summed E-state index contributed by atoms with van der Waals surface area (Å²) in [6.45, 7) is -0.385. The third-order valence-electron chi connectivity index (χ3n) is 1.41. The standard InChI is InChI=1S/C7H10F2N4/c1-13(4-6(8)9)7-11-2-5(10)3-12-7/h2-3,6H,4,10H2,1H3. The molecule has 0 radical (unpaired) electrons. The molecule has 0 saturated carbocycles. The summed E-state index contributed by atoms with van der Waals surface area (Å²) in [6.07, 6.45) is 0.361. The van der Waals surface area contributed by atoms with E-state index in [1.165, 1.54) is 24.3 Å². The van der Waals surface area contributed by atoms with Crippen molar-refractivity contribution >= 4 is 11.6 Å². The van der Waals surface area contributed by atoms with E-state index >= 15 is 0 Å². The Balaban J connectivity index is 2.66. The molecular weight excluding hydrogens is 178 g/mol. The highest BCUT2D eigenvalue weighted by Crippen LogP contribution is 2.07. The van der Waals surface area contributed by atoms with Gasteiger partial charge in [-0.25, -0.2) is 18.7 Å². The minimum Gasteiger partial charge on any atom is -0.396 e. The molecular formula is C7H10F2N4. The zero-order chi connectivity index (χ0) is 9.84. The Morgan fingerprint density at radius 2 is 2.00 bits per heavy atom. The normalized spacial score (nSPS) is 10.5. The summed E-state index contributed by atoms with van der Waals surface area (Å²) in [4.78, 5) is 8.84. The fourth-order valence-corrected chi connectivity index (χ4v) is 0.817. The summed E-state index contributed by atoms with van der Waals surface area (Å²) in [6, 6.07) is 0. The molecule has 1 rings (SSSR count). The van der Waals surface area contributed by atoms with E-state index in [4.69, 9.17) is 5.73 Å². The third-order valence-corrected chi connectivity index (χ3v) is 1.41. The molecule has 72 valence electrons. The SMILES string of the molecule is CN(CC(F)F)c1ncc(N)cn1. The maximum Gasteiger partial charge on any atom is 0.255 e. The van der Waals surface area contributed by atoms with Gasteiger partial charge in [0.15, 0.2) is 0 Å². The summed E-state index contributed by atoms with van der Waals surface area (Å²) < 4.78 is 23.9. The molecule has 0 unspecified atom stereocenters. The number of aromatic nitrogens is 2. The Morgan fingerprint density at radius 3 is 2.46 bits per heavy atom. The maximum absolute atomic E-state index is 11.9. The fourth-order valence-electron chi connectivity index (χ4n) is 0.817. The van der Waals surface area contributed by atoms with Crippen LogP contribution < -0.4 is 10.6 Å². The van der Waals surface area contributed by atoms with E-state index in [1.54, 1.807) is 0 Å². The molecule has 0 amide bonds. The average molecular weight is 188 g/mol. The van der Waals surface area contributed by atoms with Crippen molar-refractivity contribution in [1.29, 1.82) is 0 Å². The molecule has 13 heavy (non-hydrogen) atoms. The highest BCUT2D eigenvalue weighted by atomic mass is 19.3. The first kappa shape index (κ1) is 9.63. The van der Waals surface area contributed by atoms with E-state index in [2.05, 4.69) is 9.97 Å². The van der Waals surface area contributed by atoms with Gasteiger partial charge in [0.2, 0.25) is 5.95 Å². The van der Waals surface area contributed by atoms with Crippen molar-refractivity contribution in [3.63, 3.8) is 0 Å². The quantitative estimate of drug-likeness (QED) is 0.760. The van der Waals surface area contributed by atoms with Crippen molar-refractivity contribution in [3.8, 4) is 0 Å². The summed E-state index contributed by atoms with van der Waals surface area (Å²) in [5.41, 5.74) is 5.75. The van der Waals surface area contributed by atoms with E-state index in [9.17, 15) is 8.78 Å². The predicted octanol–water partition coefficient (Wildman–Crippen LogP) is 0.760. The number of nitrogens with two attached hydrogens (primary N) is 1. The maximum atomic E-state index is 11.9. The highest BCUT2D eigenvalue weighted by Gasteiger charge is 2.09. The van der Waals surface area contributed by atoms with Gasteiger partial charge in [-0.15, -0.1) is 0 Å². The average Bonchev–Trinajstić information content (AvgIpc) is 2.04. The van der Waals surface area contributed by atoms with Crippen LogP contribution in [0.4, 0.5) is 20.4 Å². The lowest BCUT2D eigenvalue weighted by Crippen LogP contribution is -2.25. The zero-order valence-corrected chi connectivity index (χ0v) is 7.11. The predicted molar refractivity (Wildman–Crippen MR) is 45.7 cm³/mol. The smallest absolute Gasteiger partial charge is 0.255 e. The number of nitrogens with zero attached hydrogens (tertiary/aromatic N) is 3. The molecule has 6 heteroatoms. The lowest BCUT2D eigenvalue weighted by Gasteiger charge is -2.15. The number of anilines is 2. The van der Waals surface area contributed by atoms with Crippen LogP contribution in [0.25, 0.3) is 0 Å². The second-order valence-electron chi connectivity index (χ2n) is 2.59. The van der Waals surface area contributed by atoms with Crippen LogP contribution >= 0.6 is 0 Å². The van der Waals surface area contributed by atoms with Gasteiger partial charge in [-0.2, -0.15) is 0 Å². The van der Waals surface area contributed by atoms with Crippen molar-refractivity contribution in [2.75, 3.05) is 24.2 Å². The number of alkyl halides is 2. The minimum absolute atomic E-state index is 0.245. The van der Waals surface area contributed by atoms with Crippen LogP contribution in [-0.2, 0) is 0 Å². The summed E-state index contributed by atoms with van der Waals surface area (Å²) in [5, 5.41) is 0. The molecule has 1 aromatic heterocycles. The third kappa shape index (κ3) is 2.81. The van der Waals surface area contributed by atoms with Gasteiger partial charge in [0.1, 0.15) is 0 Å². The number of rotatable bonds is 3. The molecule has 0 spiro atoms. The van der Waals surface area contributed by atoms with Gasteiger partial charge in [-0.1, -0.05) is 0 Å². The molecule has 0 aliphatic rings. The lowest BCUT2D eigenvalue weighted by atomic mass is 10.5. The van der Waals surface area contributed by atoms with Crippen molar-refractivity contribution in [3.05, 3.63) is 12.4 Å². The molecule has 0 aliphatic carbocycles. The van der Waals surface area contributed by atoms with Gasteiger partial charge < -0.3 is 10.6 Å². The largest absolute Gasteiger partial charge is 0.396 e. The second-order valence-corrected chi connectivity index (χ2v) is 2.59. The van der Waals surface area contributed by atoms with Gasteiger partial charge in [0.25, 0.3) is 6.43 Å². The topological polar surface area (TPSA) is 55.0 Å². The molecule has 4 nitrogen and oxygen atoms in total. The monoisotopic (exact) mass is 188 g/mol. The molecule has 0 atom stereocenters. The number of hydrogen-bond acceptors (Lipinski definition) is 4. The van der Waals surface area contributed by atoms with Crippen molar-refractivity contribution < 1.29 is 8.78 Å². The summed E-state index contributed by atoms with van der Waals surface area (Å²) in [5.74, 6) is 0.245. The van der Waals surface area contributed by atoms with Crippen molar-refractivity contribution in [1.82, 2.24) is 9.97 Å². The number of hydrogen-bond donors (Lipinski definition) is 1. The molecule has 1 aromatic rings. The van der Waals surface area contributed by atoms with Crippen molar-refractivity contribution in [2.24, 2.45) is 0 Å². The van der Waals surface area contributed by atoms with Crippen LogP contribution in [0, 0.1) is 0 Å². The Morgan fingerprint density at radius 1 is 1.46 bits per heavy atom. The van der Waals surface area contributed by atoms with Crippen LogP contribution in [-0.4, -0.2) is 30.0 Å². The Kier molecular flexibility index (Phi) is 2.94. The van der Waals surface area contributed by atoms with Gasteiger partial charge >= 0.3 is 0 Å². The molecule has 0 fully saturated rings. The van der Waals surface area contributed by atoms with E-state index in [-0.39, 0.29) is 12.5 Å². The van der Waals surface area contributed by atoms with Gasteiger partial charge in [-0.3, -0.25) is 0 Å². The molecule has 0 aromatic carbocycles. The first-order valence-electron chi connectivity index (χ1n) is 3.66. The zero-order valence-electron chi connectivity index (χ0n) is 7.11. The van der Waals surface area contributed by atoms with Gasteiger partial charge in [0.05, 0.1) is 24.6 Å². The Labute approximate surface area is 74.4 Å². The van der Waals surface area contributed by atoms with E-state index < -0.39 is 6.43 Å². The van der Waals surface area contributed by atoms with Crippen molar-refractivity contribution in [2.45, 2.75) is 6.43 Å². The Hall–Kier alpha value is -1.46. The fraction of sp³-hybridized carbons (Fsp3) is 0.429.